The molecule has 0 aliphatic carbocycles. The standard InChI is InChI=1S/C16H19N3O/c1-19(2)12-16(20)18-15-5-3-13(4-6-15)11-14-7-9-17-10-8-14/h3-10H,11-12H2,1-2H3,(H,18,20). The molecule has 0 fully saturated rings. The molecule has 0 aliphatic heterocycles. The number of benzene rings is 1. The van der Waals surface area contributed by atoms with E-state index < -0.39 is 0 Å². The van der Waals surface area contributed by atoms with Gasteiger partial charge in [-0.2, -0.15) is 0 Å². The number of likely N-dealkylation sites (N-methyl/N-ethyl adjacent to an activating group) is 1. The average molecular weight is 269 g/mol. The summed E-state index contributed by atoms with van der Waals surface area (Å²) in [6, 6.07) is 11.9. The summed E-state index contributed by atoms with van der Waals surface area (Å²) >= 11 is 0. The second kappa shape index (κ2) is 6.82. The first-order valence-electron chi connectivity index (χ1n) is 6.56. The van der Waals surface area contributed by atoms with Gasteiger partial charge in [-0.05, 0) is 55.9 Å². The van der Waals surface area contributed by atoms with Gasteiger partial charge < -0.3 is 10.2 Å². The summed E-state index contributed by atoms with van der Waals surface area (Å²) in [5, 5.41) is 2.87. The number of hydrogen-bond acceptors (Lipinski definition) is 3. The molecule has 1 aromatic heterocycles. The lowest BCUT2D eigenvalue weighted by molar-refractivity contribution is -0.116. The van der Waals surface area contributed by atoms with Crippen molar-refractivity contribution in [3.05, 3.63) is 59.9 Å². The van der Waals surface area contributed by atoms with Crippen LogP contribution in [0.3, 0.4) is 0 Å². The van der Waals surface area contributed by atoms with E-state index in [1.165, 1.54) is 11.1 Å². The molecule has 1 heterocycles. The largest absolute Gasteiger partial charge is 0.325 e. The Morgan fingerprint density at radius 2 is 1.65 bits per heavy atom. The maximum atomic E-state index is 11.6. The molecule has 0 saturated carbocycles. The van der Waals surface area contributed by atoms with Crippen molar-refractivity contribution < 1.29 is 4.79 Å². The Labute approximate surface area is 119 Å². The van der Waals surface area contributed by atoms with E-state index in [9.17, 15) is 4.79 Å². The molecule has 0 unspecified atom stereocenters. The lowest BCUT2D eigenvalue weighted by atomic mass is 10.1. The molecule has 4 nitrogen and oxygen atoms in total. The fourth-order valence-corrected chi connectivity index (χ4v) is 1.93. The Balaban J connectivity index is 1.94. The molecule has 0 saturated heterocycles. The molecule has 4 heteroatoms. The van der Waals surface area contributed by atoms with E-state index in [2.05, 4.69) is 10.3 Å². The first kappa shape index (κ1) is 14.2. The number of pyridine rings is 1. The molecule has 1 aromatic carbocycles. The fraction of sp³-hybridized carbons (Fsp3) is 0.250. The van der Waals surface area contributed by atoms with Crippen molar-refractivity contribution in [3.63, 3.8) is 0 Å². The van der Waals surface area contributed by atoms with E-state index in [0.29, 0.717) is 6.54 Å². The second-order valence-corrected chi connectivity index (χ2v) is 5.02. The number of aromatic nitrogens is 1. The summed E-state index contributed by atoms with van der Waals surface area (Å²) in [6.07, 6.45) is 4.46. The minimum atomic E-state index is -0.00289. The maximum absolute atomic E-state index is 11.6. The molecule has 0 spiro atoms. The van der Waals surface area contributed by atoms with Crippen LogP contribution < -0.4 is 5.32 Å². The minimum Gasteiger partial charge on any atom is -0.325 e. The number of rotatable bonds is 5. The van der Waals surface area contributed by atoms with Crippen molar-refractivity contribution in [2.75, 3.05) is 26.0 Å². The first-order chi connectivity index (χ1) is 9.63. The summed E-state index contributed by atoms with van der Waals surface area (Å²) in [5.41, 5.74) is 3.27. The molecule has 1 N–H and O–H groups in total. The molecule has 20 heavy (non-hydrogen) atoms. The normalized spacial score (nSPS) is 10.6. The van der Waals surface area contributed by atoms with Gasteiger partial charge in [0.2, 0.25) is 5.91 Å². The average Bonchev–Trinajstić information content (AvgIpc) is 2.41. The molecular weight excluding hydrogens is 250 g/mol. The highest BCUT2D eigenvalue weighted by molar-refractivity contribution is 5.92. The smallest absolute Gasteiger partial charge is 0.238 e. The molecule has 0 atom stereocenters. The van der Waals surface area contributed by atoms with Crippen LogP contribution in [-0.2, 0) is 11.2 Å². The molecule has 0 radical (unpaired) electrons. The highest BCUT2D eigenvalue weighted by Gasteiger charge is 2.03. The van der Waals surface area contributed by atoms with Gasteiger partial charge in [0.15, 0.2) is 0 Å². The van der Waals surface area contributed by atoms with Crippen LogP contribution in [0.2, 0.25) is 0 Å². The van der Waals surface area contributed by atoms with E-state index in [1.54, 1.807) is 12.4 Å². The van der Waals surface area contributed by atoms with Gasteiger partial charge in [0.05, 0.1) is 6.54 Å². The number of nitrogens with one attached hydrogen (secondary N) is 1. The van der Waals surface area contributed by atoms with Gasteiger partial charge in [-0.1, -0.05) is 12.1 Å². The summed E-state index contributed by atoms with van der Waals surface area (Å²) in [5.74, 6) is -0.00289. The van der Waals surface area contributed by atoms with Crippen LogP contribution in [0.15, 0.2) is 48.8 Å². The predicted molar refractivity (Wildman–Crippen MR) is 80.7 cm³/mol. The number of carbonyl (C=O) groups is 1. The molecule has 104 valence electrons. The molecule has 2 rings (SSSR count). The zero-order chi connectivity index (χ0) is 14.4. The van der Waals surface area contributed by atoms with Crippen molar-refractivity contribution in [1.29, 1.82) is 0 Å². The number of hydrogen-bond donors (Lipinski definition) is 1. The molecule has 1 amide bonds. The lowest BCUT2D eigenvalue weighted by Gasteiger charge is -2.10. The van der Waals surface area contributed by atoms with Crippen molar-refractivity contribution in [2.45, 2.75) is 6.42 Å². The maximum Gasteiger partial charge on any atom is 0.238 e. The van der Waals surface area contributed by atoms with Gasteiger partial charge in [-0.3, -0.25) is 9.78 Å². The van der Waals surface area contributed by atoms with Gasteiger partial charge in [0.25, 0.3) is 0 Å². The van der Waals surface area contributed by atoms with Crippen LogP contribution in [0.5, 0.6) is 0 Å². The highest BCUT2D eigenvalue weighted by atomic mass is 16.2. The number of nitrogens with zero attached hydrogens (tertiary/aromatic N) is 2. The second-order valence-electron chi connectivity index (χ2n) is 5.02. The topological polar surface area (TPSA) is 45.2 Å². The third kappa shape index (κ3) is 4.48. The van der Waals surface area contributed by atoms with Gasteiger partial charge in [-0.15, -0.1) is 0 Å². The summed E-state index contributed by atoms with van der Waals surface area (Å²) in [7, 11) is 3.74. The van der Waals surface area contributed by atoms with Crippen LogP contribution in [0, 0.1) is 0 Å². The Bertz CT molecular complexity index is 550. The predicted octanol–water partition coefficient (Wildman–Crippen LogP) is 2.17. The van der Waals surface area contributed by atoms with Gasteiger partial charge >= 0.3 is 0 Å². The van der Waals surface area contributed by atoms with Gasteiger partial charge in [0.1, 0.15) is 0 Å². The number of amides is 1. The van der Waals surface area contributed by atoms with Gasteiger partial charge in [-0.25, -0.2) is 0 Å². The molecule has 0 aliphatic rings. The monoisotopic (exact) mass is 269 g/mol. The molecule has 0 bridgehead atoms. The van der Waals surface area contributed by atoms with E-state index in [0.717, 1.165) is 12.1 Å². The summed E-state index contributed by atoms with van der Waals surface area (Å²) in [4.78, 5) is 17.5. The van der Waals surface area contributed by atoms with E-state index in [-0.39, 0.29) is 5.91 Å². The quantitative estimate of drug-likeness (QED) is 0.905. The van der Waals surface area contributed by atoms with Crippen LogP contribution in [0.4, 0.5) is 5.69 Å². The minimum absolute atomic E-state index is 0.00289. The first-order valence-corrected chi connectivity index (χ1v) is 6.56. The van der Waals surface area contributed by atoms with E-state index in [1.807, 2.05) is 55.4 Å². The fourth-order valence-electron chi connectivity index (χ4n) is 1.93. The molecular formula is C16H19N3O. The van der Waals surface area contributed by atoms with E-state index in [4.69, 9.17) is 0 Å². The summed E-state index contributed by atoms with van der Waals surface area (Å²) < 4.78 is 0. The van der Waals surface area contributed by atoms with Crippen LogP contribution in [0.1, 0.15) is 11.1 Å². The highest BCUT2D eigenvalue weighted by Crippen LogP contribution is 2.13. The number of anilines is 1. The third-order valence-corrected chi connectivity index (χ3v) is 2.86. The Morgan fingerprint density at radius 3 is 2.25 bits per heavy atom. The van der Waals surface area contributed by atoms with Crippen LogP contribution in [0.25, 0.3) is 0 Å². The third-order valence-electron chi connectivity index (χ3n) is 2.86. The van der Waals surface area contributed by atoms with Crippen molar-refractivity contribution >= 4 is 11.6 Å². The van der Waals surface area contributed by atoms with E-state index >= 15 is 0 Å². The number of carbonyl (C=O) groups excluding carboxylic acids is 1. The van der Waals surface area contributed by atoms with Crippen molar-refractivity contribution in [2.24, 2.45) is 0 Å². The lowest BCUT2D eigenvalue weighted by Crippen LogP contribution is -2.27. The zero-order valence-corrected chi connectivity index (χ0v) is 11.8. The zero-order valence-electron chi connectivity index (χ0n) is 11.8. The Morgan fingerprint density at radius 1 is 1.05 bits per heavy atom. The van der Waals surface area contributed by atoms with Crippen molar-refractivity contribution in [3.8, 4) is 0 Å². The van der Waals surface area contributed by atoms with Crippen molar-refractivity contribution in [1.82, 2.24) is 9.88 Å². The SMILES string of the molecule is CN(C)CC(=O)Nc1ccc(Cc2ccncc2)cc1. The Hall–Kier alpha value is -2.20. The van der Waals surface area contributed by atoms with Crippen LogP contribution in [-0.4, -0.2) is 36.4 Å². The summed E-state index contributed by atoms with van der Waals surface area (Å²) in [6.45, 7) is 0.388. The van der Waals surface area contributed by atoms with Gasteiger partial charge in [0, 0.05) is 18.1 Å². The Kier molecular flexibility index (Phi) is 4.85. The van der Waals surface area contributed by atoms with Crippen LogP contribution >= 0.6 is 0 Å². The molecule has 2 aromatic rings.